The van der Waals surface area contributed by atoms with Gasteiger partial charge in [-0.2, -0.15) is 0 Å². The molecule has 0 bridgehead atoms. The lowest BCUT2D eigenvalue weighted by molar-refractivity contribution is -0.139. The number of rotatable bonds is 15. The molecule has 0 aromatic heterocycles. The lowest BCUT2D eigenvalue weighted by Crippen LogP contribution is -2.34. The molecule has 0 saturated heterocycles. The topological polar surface area (TPSA) is 278 Å². The number of carbonyl (C=O) groups is 4. The molecule has 0 aliphatic carbocycles. The van der Waals surface area contributed by atoms with Gasteiger partial charge in [-0.3, -0.25) is 19.8 Å². The highest BCUT2D eigenvalue weighted by Gasteiger charge is 2.17. The zero-order valence-corrected chi connectivity index (χ0v) is 23.4. The SMILES string of the molecule is N=C(N)NCCC[C@H](N)C(=O)O.NCCc1ccccc1.N[C@@H](CCC(=O)O)C(=O)Oc1ccc(CCC(=O)O)cc1. The number of hydrogen-bond donors (Lipinski definition) is 9. The van der Waals surface area contributed by atoms with Crippen LogP contribution in [0.2, 0.25) is 0 Å². The van der Waals surface area contributed by atoms with E-state index in [1.807, 2.05) is 18.2 Å². The van der Waals surface area contributed by atoms with Gasteiger partial charge in [0.2, 0.25) is 0 Å². The molecule has 13 N–H and O–H groups in total. The lowest BCUT2D eigenvalue weighted by Gasteiger charge is -2.10. The van der Waals surface area contributed by atoms with Gasteiger partial charge in [-0.15, -0.1) is 0 Å². The number of nitrogens with one attached hydrogen (secondary N) is 2. The van der Waals surface area contributed by atoms with Crippen LogP contribution in [-0.4, -0.2) is 70.3 Å². The second-order valence-electron chi connectivity index (χ2n) is 8.95. The van der Waals surface area contributed by atoms with Crippen molar-refractivity contribution in [3.63, 3.8) is 0 Å². The molecule has 0 aliphatic rings. The van der Waals surface area contributed by atoms with E-state index in [9.17, 15) is 19.2 Å². The Labute approximate surface area is 244 Å². The third kappa shape index (κ3) is 20.4. The number of benzene rings is 2. The van der Waals surface area contributed by atoms with Crippen LogP contribution in [0.4, 0.5) is 0 Å². The molecule has 0 spiro atoms. The highest BCUT2D eigenvalue weighted by molar-refractivity contribution is 5.79. The molecule has 0 aliphatic heterocycles. The quantitative estimate of drug-likeness (QED) is 0.0453. The lowest BCUT2D eigenvalue weighted by atomic mass is 10.1. The van der Waals surface area contributed by atoms with E-state index in [4.69, 9.17) is 48.4 Å². The molecule has 0 radical (unpaired) electrons. The number of carbonyl (C=O) groups excluding carboxylic acids is 1. The smallest absolute Gasteiger partial charge is 0.328 e. The molecule has 0 amide bonds. The number of esters is 1. The fourth-order valence-electron chi connectivity index (χ4n) is 3.04. The number of aliphatic carboxylic acids is 3. The maximum absolute atomic E-state index is 11.6. The van der Waals surface area contributed by atoms with Gasteiger partial charge in [0.25, 0.3) is 0 Å². The largest absolute Gasteiger partial charge is 0.481 e. The summed E-state index contributed by atoms with van der Waals surface area (Å²) in [5, 5.41) is 34.8. The van der Waals surface area contributed by atoms with E-state index in [2.05, 4.69) is 17.4 Å². The molecule has 232 valence electrons. The van der Waals surface area contributed by atoms with Crippen LogP contribution in [0.25, 0.3) is 0 Å². The minimum atomic E-state index is -1.03. The second-order valence-corrected chi connectivity index (χ2v) is 8.95. The van der Waals surface area contributed by atoms with Gasteiger partial charge < -0.3 is 48.3 Å². The molecular weight excluding hydrogens is 548 g/mol. The Bertz CT molecular complexity index is 1100. The molecule has 2 atom stereocenters. The number of aryl methyl sites for hydroxylation is 1. The third-order valence-electron chi connectivity index (χ3n) is 5.34. The van der Waals surface area contributed by atoms with Crippen LogP contribution in [-0.2, 0) is 32.0 Å². The highest BCUT2D eigenvalue weighted by atomic mass is 16.5. The van der Waals surface area contributed by atoms with E-state index < -0.39 is 36.0 Å². The number of ether oxygens (including phenoxy) is 1. The molecule has 14 nitrogen and oxygen atoms in total. The minimum absolute atomic E-state index is 0.00482. The average Bonchev–Trinajstić information content (AvgIpc) is 2.94. The molecule has 0 fully saturated rings. The zero-order chi connectivity index (χ0) is 31.9. The number of carboxylic acids is 3. The van der Waals surface area contributed by atoms with Crippen molar-refractivity contribution in [2.45, 2.75) is 57.0 Å². The van der Waals surface area contributed by atoms with E-state index in [0.29, 0.717) is 25.8 Å². The van der Waals surface area contributed by atoms with Gasteiger partial charge in [0, 0.05) is 19.4 Å². The summed E-state index contributed by atoms with van der Waals surface area (Å²) in [5.41, 5.74) is 23.2. The van der Waals surface area contributed by atoms with Crippen molar-refractivity contribution in [3.8, 4) is 5.75 Å². The van der Waals surface area contributed by atoms with Crippen LogP contribution in [0, 0.1) is 5.41 Å². The van der Waals surface area contributed by atoms with E-state index in [1.54, 1.807) is 24.3 Å². The van der Waals surface area contributed by atoms with Gasteiger partial charge in [0.05, 0.1) is 0 Å². The summed E-state index contributed by atoms with van der Waals surface area (Å²) in [6, 6.07) is 14.8. The Kier molecular flexibility index (Phi) is 19.8. The monoisotopic (exact) mass is 590 g/mol. The van der Waals surface area contributed by atoms with Crippen LogP contribution in [0.3, 0.4) is 0 Å². The number of guanidine groups is 1. The number of carboxylic acid groups (broad SMARTS) is 3. The molecule has 2 aromatic carbocycles. The Hall–Kier alpha value is -4.53. The van der Waals surface area contributed by atoms with Crippen LogP contribution in [0.1, 0.15) is 43.2 Å². The fourth-order valence-corrected chi connectivity index (χ4v) is 3.04. The highest BCUT2D eigenvalue weighted by Crippen LogP contribution is 2.14. The van der Waals surface area contributed by atoms with Gasteiger partial charge in [0.15, 0.2) is 5.96 Å². The van der Waals surface area contributed by atoms with Crippen LogP contribution in [0.5, 0.6) is 5.75 Å². The Balaban J connectivity index is 0.000000672. The average molecular weight is 591 g/mol. The molecule has 14 heteroatoms. The van der Waals surface area contributed by atoms with Crippen molar-refractivity contribution in [2.75, 3.05) is 13.1 Å². The standard InChI is InChI=1S/C14H17NO6.C8H11N.C6H14N4O2/c15-11(6-8-13(18)19)14(20)21-10-4-1-9(2-5-10)3-7-12(16)17;9-7-6-8-4-2-1-3-5-8;7-4(5(11)12)2-1-3-10-6(8)9/h1-2,4-5,11H,3,6-8,15H2,(H,16,17)(H,18,19);1-5H,6-7,9H2;4H,1-3,7H2,(H,11,12)(H4,8,9,10)/t11-;;4-/m0.0/s1. The van der Waals surface area contributed by atoms with Crippen molar-refractivity contribution in [3.05, 3.63) is 65.7 Å². The van der Waals surface area contributed by atoms with Crippen LogP contribution in [0.15, 0.2) is 54.6 Å². The first kappa shape index (κ1) is 37.5. The minimum Gasteiger partial charge on any atom is -0.481 e. The van der Waals surface area contributed by atoms with Crippen molar-refractivity contribution in [1.82, 2.24) is 5.32 Å². The summed E-state index contributed by atoms with van der Waals surface area (Å²) in [4.78, 5) is 42.6. The first-order chi connectivity index (χ1) is 19.8. The van der Waals surface area contributed by atoms with Gasteiger partial charge >= 0.3 is 23.9 Å². The van der Waals surface area contributed by atoms with Crippen molar-refractivity contribution in [1.29, 1.82) is 5.41 Å². The summed E-state index contributed by atoms with van der Waals surface area (Å²) >= 11 is 0. The summed E-state index contributed by atoms with van der Waals surface area (Å²) in [6.07, 6.45) is 2.18. The van der Waals surface area contributed by atoms with Crippen molar-refractivity contribution >= 4 is 29.8 Å². The summed E-state index contributed by atoms with van der Waals surface area (Å²) < 4.78 is 5.02. The van der Waals surface area contributed by atoms with E-state index >= 15 is 0 Å². The van der Waals surface area contributed by atoms with Crippen molar-refractivity contribution < 1.29 is 39.2 Å². The van der Waals surface area contributed by atoms with E-state index in [0.717, 1.165) is 18.5 Å². The maximum atomic E-state index is 11.6. The molecule has 42 heavy (non-hydrogen) atoms. The summed E-state index contributed by atoms with van der Waals surface area (Å²) in [5.74, 6) is -3.44. The predicted molar refractivity (Wildman–Crippen MR) is 157 cm³/mol. The van der Waals surface area contributed by atoms with Gasteiger partial charge in [-0.05, 0) is 61.9 Å². The Morgan fingerprint density at radius 3 is 1.88 bits per heavy atom. The fraction of sp³-hybridized carbons (Fsp3) is 0.393. The molecule has 2 aromatic rings. The maximum Gasteiger partial charge on any atom is 0.328 e. The van der Waals surface area contributed by atoms with Gasteiger partial charge in [-0.25, -0.2) is 4.79 Å². The Morgan fingerprint density at radius 2 is 1.38 bits per heavy atom. The van der Waals surface area contributed by atoms with E-state index in [-0.39, 0.29) is 31.0 Å². The molecule has 0 heterocycles. The molecule has 0 saturated carbocycles. The van der Waals surface area contributed by atoms with Crippen LogP contribution >= 0.6 is 0 Å². The first-order valence-corrected chi connectivity index (χ1v) is 13.2. The number of nitrogens with two attached hydrogens (primary N) is 4. The second kappa shape index (κ2) is 22.2. The third-order valence-corrected chi connectivity index (χ3v) is 5.34. The van der Waals surface area contributed by atoms with E-state index in [1.165, 1.54) is 5.56 Å². The van der Waals surface area contributed by atoms with Gasteiger partial charge in [-0.1, -0.05) is 42.5 Å². The normalized spacial score (nSPS) is 11.3. The molecule has 2 rings (SSSR count). The predicted octanol–water partition coefficient (Wildman–Crippen LogP) is 0.651. The first-order valence-electron chi connectivity index (χ1n) is 13.2. The van der Waals surface area contributed by atoms with Gasteiger partial charge in [0.1, 0.15) is 17.8 Å². The van der Waals surface area contributed by atoms with Crippen LogP contribution < -0.4 is 33.0 Å². The summed E-state index contributed by atoms with van der Waals surface area (Å²) in [6.45, 7) is 1.22. The zero-order valence-electron chi connectivity index (χ0n) is 23.4. The number of hydrogen-bond acceptors (Lipinski definition) is 9. The Morgan fingerprint density at radius 1 is 0.810 bits per heavy atom. The molecule has 0 unspecified atom stereocenters. The van der Waals surface area contributed by atoms with Crippen molar-refractivity contribution in [2.24, 2.45) is 22.9 Å². The molecular formula is C28H42N6O8. The summed E-state index contributed by atoms with van der Waals surface area (Å²) in [7, 11) is 0.